The minimum atomic E-state index is -3.77. The van der Waals surface area contributed by atoms with E-state index in [0.29, 0.717) is 19.6 Å². The molecule has 2 aromatic carbocycles. The van der Waals surface area contributed by atoms with Crippen molar-refractivity contribution < 1.29 is 38.6 Å². The van der Waals surface area contributed by atoms with Crippen molar-refractivity contribution in [3.63, 3.8) is 0 Å². The Hall–Kier alpha value is -2.00. The summed E-state index contributed by atoms with van der Waals surface area (Å²) in [6.07, 6.45) is 1.67. The molecule has 0 fully saturated rings. The Kier molecular flexibility index (Phi) is 19.8. The van der Waals surface area contributed by atoms with Gasteiger partial charge in [0.15, 0.2) is 0 Å². The number of hydrogen-bond donors (Lipinski definition) is 0. The van der Waals surface area contributed by atoms with Gasteiger partial charge in [0.25, 0.3) is 0 Å². The van der Waals surface area contributed by atoms with Crippen molar-refractivity contribution in [3.05, 3.63) is 110 Å². The number of benzene rings is 2. The average Bonchev–Trinajstić information content (AvgIpc) is 2.90. The van der Waals surface area contributed by atoms with Crippen LogP contribution in [0.2, 0.25) is 0 Å². The van der Waals surface area contributed by atoms with E-state index >= 15 is 0 Å². The summed E-state index contributed by atoms with van der Waals surface area (Å²) >= 11 is 0. The van der Waals surface area contributed by atoms with Gasteiger partial charge < -0.3 is 25.0 Å². The second-order valence-electron chi connectivity index (χ2n) is 8.77. The molecule has 0 spiro atoms. The van der Waals surface area contributed by atoms with Crippen LogP contribution in [0.3, 0.4) is 0 Å². The number of nitrogens with zero attached hydrogens (tertiary/aromatic N) is 6. The molecule has 0 atom stereocenters. The molecular formula is C28H40N6O4S2Ti. The van der Waals surface area contributed by atoms with Crippen LogP contribution in [-0.2, 0) is 48.3 Å². The number of rotatable bonds is 12. The van der Waals surface area contributed by atoms with Gasteiger partial charge in [-0.05, 0) is 63.3 Å². The normalized spacial score (nSPS) is 11.0. The topological polar surface area (TPSA) is 141 Å². The third kappa shape index (κ3) is 15.7. The molecule has 0 N–H and O–H groups in total. The fraction of sp³-hybridized carbons (Fsp3) is 0.393. The van der Waals surface area contributed by atoms with Crippen LogP contribution in [0.1, 0.15) is 16.8 Å². The quantitative estimate of drug-likeness (QED) is 0.248. The maximum Gasteiger partial charge on any atom is 4.00 e. The Balaban J connectivity index is 0.00000210. The molecule has 0 bridgehead atoms. The summed E-state index contributed by atoms with van der Waals surface area (Å²) < 4.78 is 57.9. The molecule has 0 amide bonds. The maximum absolute atomic E-state index is 12.5. The van der Waals surface area contributed by atoms with Crippen LogP contribution in [0.5, 0.6) is 0 Å². The Morgan fingerprint density at radius 3 is 1.39 bits per heavy atom. The van der Waals surface area contributed by atoms with E-state index in [1.165, 1.54) is 24.3 Å². The van der Waals surface area contributed by atoms with E-state index in [1.54, 1.807) is 64.7 Å². The molecule has 0 saturated carbocycles. The summed E-state index contributed by atoms with van der Waals surface area (Å²) in [5.74, 6) is 0. The van der Waals surface area contributed by atoms with Gasteiger partial charge in [-0.15, -0.1) is 13.1 Å². The molecule has 0 radical (unpaired) electrons. The zero-order valence-electron chi connectivity index (χ0n) is 24.6. The van der Waals surface area contributed by atoms with Crippen molar-refractivity contribution in [2.24, 2.45) is 0 Å². The van der Waals surface area contributed by atoms with Gasteiger partial charge in [-0.3, -0.25) is 4.98 Å². The first-order valence-corrected chi connectivity index (χ1v) is 15.5. The molecule has 1 aromatic heterocycles. The summed E-state index contributed by atoms with van der Waals surface area (Å²) in [5.41, 5.74) is 2.71. The predicted molar refractivity (Wildman–Crippen MR) is 163 cm³/mol. The molecule has 0 aliphatic carbocycles. The van der Waals surface area contributed by atoms with Gasteiger partial charge in [0.1, 0.15) is 20.0 Å². The average molecular weight is 637 g/mol. The number of sulfonamides is 2. The first kappa shape index (κ1) is 39.0. The molecule has 0 aliphatic heterocycles. The second-order valence-corrected chi connectivity index (χ2v) is 12.1. The van der Waals surface area contributed by atoms with Crippen molar-refractivity contribution in [1.82, 2.24) is 9.88 Å². The third-order valence-corrected chi connectivity index (χ3v) is 7.89. The minimum absolute atomic E-state index is 0. The van der Waals surface area contributed by atoms with Gasteiger partial charge in [0.05, 0.1) is 5.69 Å². The van der Waals surface area contributed by atoms with Crippen LogP contribution in [0.15, 0.2) is 82.7 Å². The minimum Gasteiger partial charge on any atom is -0.668 e. The fourth-order valence-corrected chi connectivity index (χ4v) is 5.07. The number of hydrogen-bond acceptors (Lipinski definition) is 6. The van der Waals surface area contributed by atoms with Crippen LogP contribution in [0.4, 0.5) is 0 Å². The van der Waals surface area contributed by atoms with Gasteiger partial charge in [0.2, 0.25) is 0 Å². The molecule has 1 heterocycles. The van der Waals surface area contributed by atoms with Crippen LogP contribution in [0, 0.1) is 13.8 Å². The zero-order valence-corrected chi connectivity index (χ0v) is 27.8. The monoisotopic (exact) mass is 636 g/mol. The van der Waals surface area contributed by atoms with E-state index in [4.69, 9.17) is 0 Å². The molecular weight excluding hydrogens is 596 g/mol. The molecule has 3 aromatic rings. The number of aryl methyl sites for hydroxylation is 2. The van der Waals surface area contributed by atoms with Crippen molar-refractivity contribution in [3.8, 4) is 0 Å². The largest absolute Gasteiger partial charge is 4.00 e. The molecule has 0 saturated heterocycles. The van der Waals surface area contributed by atoms with E-state index in [2.05, 4.69) is 25.1 Å². The summed E-state index contributed by atoms with van der Waals surface area (Å²) in [5, 5.41) is 7.00. The first-order chi connectivity index (χ1) is 19.0. The number of aromatic nitrogens is 1. The van der Waals surface area contributed by atoms with Gasteiger partial charge in [-0.25, -0.2) is 16.8 Å². The van der Waals surface area contributed by atoms with Crippen LogP contribution in [0.25, 0.3) is 20.1 Å². The van der Waals surface area contributed by atoms with E-state index in [1.807, 2.05) is 30.9 Å². The van der Waals surface area contributed by atoms with Gasteiger partial charge in [-0.1, -0.05) is 41.5 Å². The van der Waals surface area contributed by atoms with Crippen molar-refractivity contribution in [2.75, 3.05) is 54.4 Å². The molecule has 10 nitrogen and oxygen atoms in total. The molecule has 222 valence electrons. The van der Waals surface area contributed by atoms with Crippen LogP contribution in [-0.4, -0.2) is 81.1 Å². The summed E-state index contributed by atoms with van der Waals surface area (Å²) in [7, 11) is -0.531. The summed E-state index contributed by atoms with van der Waals surface area (Å²) in [4.78, 5) is 6.49. The smallest absolute Gasteiger partial charge is 0.668 e. The molecule has 0 aliphatic rings. The standard InChI is InChI=1S/C24H28N4O4S2.2C2H6N.Ti/c1-20-6-10-23(11-7-20)33(29,30)26-15-17-28(19-22-5-3-4-14-25-22)18-16-27-34(31,32)24-12-8-21(2)9-13-24;2*1-3-2;/h3-14H,15-19H2,1-2H3;2*1-2H3;/q-2;2*-1;+4. The zero-order chi connectivity index (χ0) is 30.0. The first-order valence-electron chi connectivity index (χ1n) is 12.6. The second kappa shape index (κ2) is 20.8. The number of pyridine rings is 1. The Morgan fingerprint density at radius 1 is 0.659 bits per heavy atom. The van der Waals surface area contributed by atoms with E-state index in [-0.39, 0.29) is 44.6 Å². The van der Waals surface area contributed by atoms with Gasteiger partial charge in [0, 0.05) is 22.5 Å². The van der Waals surface area contributed by atoms with Gasteiger partial charge >= 0.3 is 21.7 Å². The van der Waals surface area contributed by atoms with E-state index < -0.39 is 20.0 Å². The molecule has 41 heavy (non-hydrogen) atoms. The Bertz CT molecular complexity index is 1230. The molecule has 3 rings (SSSR count). The van der Waals surface area contributed by atoms with Gasteiger partial charge in [-0.2, -0.15) is 28.2 Å². The third-order valence-electron chi connectivity index (χ3n) is 5.10. The summed E-state index contributed by atoms with van der Waals surface area (Å²) in [6, 6.07) is 18.6. The van der Waals surface area contributed by atoms with Crippen molar-refractivity contribution >= 4 is 20.0 Å². The molecule has 13 heteroatoms. The van der Waals surface area contributed by atoms with Crippen LogP contribution >= 0.6 is 0 Å². The van der Waals surface area contributed by atoms with Crippen molar-refractivity contribution in [2.45, 2.75) is 30.2 Å². The fourth-order valence-electron chi connectivity index (χ4n) is 3.17. The van der Waals surface area contributed by atoms with E-state index in [9.17, 15) is 16.8 Å². The van der Waals surface area contributed by atoms with Crippen LogP contribution < -0.4 is 0 Å². The maximum atomic E-state index is 12.5. The predicted octanol–water partition coefficient (Wildman–Crippen LogP) is 5.26. The summed E-state index contributed by atoms with van der Waals surface area (Å²) in [6.45, 7) is 4.87. The van der Waals surface area contributed by atoms with Crippen molar-refractivity contribution in [1.29, 1.82) is 0 Å². The Morgan fingerprint density at radius 2 is 1.05 bits per heavy atom. The Labute approximate surface area is 261 Å². The SMILES string of the molecule is C[N-]C.C[N-]C.Cc1ccc(S(=O)(=O)[N-]CCN(CC[N-]S(=O)(=O)c2ccc(C)cc2)Cc2ccccn2)cc1.[Ti+4]. The van der Waals surface area contributed by atoms with E-state index in [0.717, 1.165) is 16.8 Å². The molecule has 0 unspecified atom stereocenters.